The highest BCUT2D eigenvalue weighted by atomic mass is 32.2. The normalized spacial score (nSPS) is 19.2. The first-order chi connectivity index (χ1) is 19.4. The van der Waals surface area contributed by atoms with Gasteiger partial charge in [0, 0.05) is 11.0 Å². The van der Waals surface area contributed by atoms with Gasteiger partial charge >= 0.3 is 5.97 Å². The molecule has 6 heteroatoms. The number of rotatable bonds is 4. The summed E-state index contributed by atoms with van der Waals surface area (Å²) >= 11 is 3.49. The van der Waals surface area contributed by atoms with Gasteiger partial charge in [-0.1, -0.05) is 78.6 Å². The standard InChI is InChI=1S/C34H28N2O2S2/c1-21-13-22(15-23(14-21)17-32-36(20-33(37)38)28-9-5-6-10-29(28)39-32)16-31-35(2)34-27-19-25-8-4-3-7-24(25)18-26(27)11-12-30(34)40-31/h3-12,15-19,21H,13-14,20H2,1-2H3/p+1. The highest BCUT2D eigenvalue weighted by molar-refractivity contribution is 8.03. The summed E-state index contributed by atoms with van der Waals surface area (Å²) in [4.78, 5) is 14.7. The number of hydrogen-bond donors (Lipinski definition) is 1. The Bertz CT molecular complexity index is 1930. The third-order valence-corrected chi connectivity index (χ3v) is 10.1. The number of thioether (sulfide) groups is 1. The summed E-state index contributed by atoms with van der Waals surface area (Å²) in [6, 6.07) is 25.7. The van der Waals surface area contributed by atoms with Crippen molar-refractivity contribution in [2.24, 2.45) is 13.0 Å². The second kappa shape index (κ2) is 9.95. The largest absolute Gasteiger partial charge is 0.480 e. The molecule has 1 atom stereocenters. The van der Waals surface area contributed by atoms with Crippen molar-refractivity contribution in [1.29, 1.82) is 0 Å². The second-order valence-electron chi connectivity index (χ2n) is 10.8. The van der Waals surface area contributed by atoms with E-state index >= 15 is 0 Å². The Morgan fingerprint density at radius 2 is 1.77 bits per heavy atom. The van der Waals surface area contributed by atoms with Crippen molar-refractivity contribution >= 4 is 72.6 Å². The number of thiazole rings is 1. The van der Waals surface area contributed by atoms with Crippen LogP contribution in [-0.2, 0) is 11.8 Å². The summed E-state index contributed by atoms with van der Waals surface area (Å²) in [5.74, 6) is -0.316. The number of para-hydroxylation sites is 1. The van der Waals surface area contributed by atoms with Crippen LogP contribution in [0, 0.1) is 5.92 Å². The fourth-order valence-electron chi connectivity index (χ4n) is 6.03. The lowest BCUT2D eigenvalue weighted by molar-refractivity contribution is -0.641. The number of anilines is 1. The molecule has 198 valence electrons. The number of benzene rings is 4. The van der Waals surface area contributed by atoms with Gasteiger partial charge in [-0.05, 0) is 82.5 Å². The van der Waals surface area contributed by atoms with E-state index in [1.165, 1.54) is 47.9 Å². The average molecular weight is 562 g/mol. The Morgan fingerprint density at radius 1 is 1.00 bits per heavy atom. The Balaban J connectivity index is 1.28. The number of allylic oxidation sites excluding steroid dienone is 4. The van der Waals surface area contributed by atoms with E-state index in [-0.39, 0.29) is 6.54 Å². The molecule has 0 amide bonds. The predicted octanol–water partition coefficient (Wildman–Crippen LogP) is 8.31. The second-order valence-corrected chi connectivity index (χ2v) is 12.9. The molecule has 1 N–H and O–H groups in total. The van der Waals surface area contributed by atoms with Crippen molar-refractivity contribution in [3.63, 3.8) is 0 Å². The number of hydrogen-bond acceptors (Lipinski definition) is 4. The minimum Gasteiger partial charge on any atom is -0.480 e. The number of aryl methyl sites for hydroxylation is 1. The molecule has 4 nitrogen and oxygen atoms in total. The molecule has 1 unspecified atom stereocenters. The van der Waals surface area contributed by atoms with Crippen LogP contribution < -0.4 is 9.47 Å². The van der Waals surface area contributed by atoms with E-state index in [0.717, 1.165) is 28.5 Å². The topological polar surface area (TPSA) is 44.4 Å². The van der Waals surface area contributed by atoms with Gasteiger partial charge in [0.2, 0.25) is 5.52 Å². The lowest BCUT2D eigenvalue weighted by Gasteiger charge is -2.22. The highest BCUT2D eigenvalue weighted by Gasteiger charge is 2.27. The third kappa shape index (κ3) is 4.51. The van der Waals surface area contributed by atoms with Gasteiger partial charge in [0.1, 0.15) is 18.3 Å². The van der Waals surface area contributed by atoms with Crippen LogP contribution in [0.2, 0.25) is 0 Å². The number of nitrogens with zero attached hydrogens (tertiary/aromatic N) is 2. The van der Waals surface area contributed by atoms with Gasteiger partial charge in [0.15, 0.2) is 0 Å². The molecule has 0 bridgehead atoms. The Kier molecular flexibility index (Phi) is 6.25. The summed E-state index contributed by atoms with van der Waals surface area (Å²) < 4.78 is 3.63. The molecule has 1 aromatic heterocycles. The lowest BCUT2D eigenvalue weighted by atomic mass is 9.87. The van der Waals surface area contributed by atoms with E-state index in [0.29, 0.717) is 5.92 Å². The molecule has 4 aromatic carbocycles. The summed E-state index contributed by atoms with van der Waals surface area (Å²) in [5, 5.41) is 16.9. The van der Waals surface area contributed by atoms with Gasteiger partial charge in [0.05, 0.1) is 16.1 Å². The number of fused-ring (bicyclic) bond motifs is 5. The predicted molar refractivity (Wildman–Crippen MR) is 168 cm³/mol. The van der Waals surface area contributed by atoms with E-state index in [1.54, 1.807) is 11.8 Å². The zero-order valence-electron chi connectivity index (χ0n) is 22.4. The van der Waals surface area contributed by atoms with Crippen molar-refractivity contribution in [3.05, 3.63) is 106 Å². The minimum absolute atomic E-state index is 0.0394. The molecule has 0 saturated heterocycles. The third-order valence-electron chi connectivity index (χ3n) is 7.79. The van der Waals surface area contributed by atoms with E-state index in [2.05, 4.69) is 91.4 Å². The van der Waals surface area contributed by atoms with E-state index in [1.807, 2.05) is 34.4 Å². The summed E-state index contributed by atoms with van der Waals surface area (Å²) in [6.45, 7) is 2.26. The van der Waals surface area contributed by atoms with Gasteiger partial charge in [-0.3, -0.25) is 4.79 Å². The molecule has 40 heavy (non-hydrogen) atoms. The Labute approximate surface area is 241 Å². The van der Waals surface area contributed by atoms with E-state index < -0.39 is 5.97 Å². The van der Waals surface area contributed by atoms with Crippen LogP contribution in [0.25, 0.3) is 37.8 Å². The maximum Gasteiger partial charge on any atom is 0.323 e. The van der Waals surface area contributed by atoms with Crippen LogP contribution in [0.3, 0.4) is 0 Å². The lowest BCUT2D eigenvalue weighted by Crippen LogP contribution is -2.29. The van der Waals surface area contributed by atoms with Crippen LogP contribution in [0.5, 0.6) is 0 Å². The van der Waals surface area contributed by atoms with Crippen LogP contribution >= 0.6 is 23.1 Å². The number of aromatic nitrogens is 1. The molecule has 7 rings (SSSR count). The zero-order valence-corrected chi connectivity index (χ0v) is 24.1. The molecule has 0 fully saturated rings. The Hall–Kier alpha value is -3.87. The summed E-state index contributed by atoms with van der Waals surface area (Å²) in [5.41, 5.74) is 4.81. The first kappa shape index (κ1) is 25.1. The molecule has 2 aliphatic rings. The van der Waals surface area contributed by atoms with Crippen LogP contribution in [0.1, 0.15) is 24.8 Å². The molecule has 2 heterocycles. The maximum atomic E-state index is 11.7. The van der Waals surface area contributed by atoms with Gasteiger partial charge < -0.3 is 10.0 Å². The number of aliphatic carboxylic acids is 1. The average Bonchev–Trinajstić information content (AvgIpc) is 3.43. The van der Waals surface area contributed by atoms with E-state index in [4.69, 9.17) is 0 Å². The van der Waals surface area contributed by atoms with Crippen LogP contribution in [0.15, 0.2) is 106 Å². The van der Waals surface area contributed by atoms with Gasteiger partial charge in [-0.2, -0.15) is 4.57 Å². The molecule has 0 radical (unpaired) electrons. The molecule has 1 aliphatic carbocycles. The summed E-state index contributed by atoms with van der Waals surface area (Å²) in [7, 11) is 2.18. The van der Waals surface area contributed by atoms with Crippen molar-refractivity contribution in [3.8, 4) is 0 Å². The zero-order chi connectivity index (χ0) is 27.4. The quantitative estimate of drug-likeness (QED) is 0.177. The first-order valence-corrected chi connectivity index (χ1v) is 15.2. The number of carboxylic acids is 1. The molecule has 0 spiro atoms. The smallest absolute Gasteiger partial charge is 0.323 e. The molecular weight excluding hydrogens is 533 g/mol. The van der Waals surface area contributed by atoms with Gasteiger partial charge in [0.25, 0.3) is 5.01 Å². The minimum atomic E-state index is -0.826. The molecule has 5 aromatic rings. The number of carbonyl (C=O) groups is 1. The number of carboxylic acid groups (broad SMARTS) is 1. The van der Waals surface area contributed by atoms with Gasteiger partial charge in [-0.15, -0.1) is 0 Å². The van der Waals surface area contributed by atoms with Crippen LogP contribution in [0.4, 0.5) is 5.69 Å². The van der Waals surface area contributed by atoms with Crippen molar-refractivity contribution in [1.82, 2.24) is 0 Å². The highest BCUT2D eigenvalue weighted by Crippen LogP contribution is 2.46. The fourth-order valence-corrected chi connectivity index (χ4v) is 8.32. The van der Waals surface area contributed by atoms with Crippen LogP contribution in [-0.4, -0.2) is 17.6 Å². The van der Waals surface area contributed by atoms with Crippen molar-refractivity contribution in [2.75, 3.05) is 11.4 Å². The molecule has 0 saturated carbocycles. The monoisotopic (exact) mass is 561 g/mol. The molecule has 1 aliphatic heterocycles. The first-order valence-electron chi connectivity index (χ1n) is 13.6. The maximum absolute atomic E-state index is 11.7. The SMILES string of the molecule is CC1CC(C=C2Sc3ccccc3N2CC(=O)O)=CC(=Cc2sc3ccc4cc5ccccc5cc4c3[n+]2C)C1. The van der Waals surface area contributed by atoms with Crippen molar-refractivity contribution in [2.45, 2.75) is 24.7 Å². The van der Waals surface area contributed by atoms with Gasteiger partial charge in [-0.25, -0.2) is 0 Å². The van der Waals surface area contributed by atoms with Crippen molar-refractivity contribution < 1.29 is 14.5 Å². The molecular formula is C34H29N2O2S2+. The fraction of sp³-hybridized carbons (Fsp3) is 0.176. The van der Waals surface area contributed by atoms with E-state index in [9.17, 15) is 9.90 Å². The Morgan fingerprint density at radius 3 is 2.60 bits per heavy atom. The summed E-state index contributed by atoms with van der Waals surface area (Å²) in [6.07, 6.45) is 8.86.